The first-order valence-corrected chi connectivity index (χ1v) is 19.8. The first-order valence-electron chi connectivity index (χ1n) is 19.8. The minimum absolute atomic E-state index is 0.661. The Morgan fingerprint density at radius 3 is 1.88 bits per heavy atom. The van der Waals surface area contributed by atoms with E-state index < -0.39 is 0 Å². The standard InChI is InChI=1S/C54H33N3O2/c1-3-14-36(15-4-1)52-43-20-9-11-21-47(43)55-54(56-52)37-31-44(53-46(32-37)51-41-18-8-7-13-34(41)25-29-50(51)59-53)35-23-26-39(27-24-35)57(38-16-5-2-6-17-38)40-28-30-49-45(33-40)42-19-10-12-22-48(42)58-49/h1-33H. The summed E-state index contributed by atoms with van der Waals surface area (Å²) in [5, 5.41) is 7.61. The number of hydrogen-bond acceptors (Lipinski definition) is 5. The van der Waals surface area contributed by atoms with E-state index in [1.54, 1.807) is 0 Å². The lowest BCUT2D eigenvalue weighted by atomic mass is 9.96. The zero-order valence-electron chi connectivity index (χ0n) is 31.7. The molecule has 5 nitrogen and oxygen atoms in total. The van der Waals surface area contributed by atoms with Gasteiger partial charge in [0.05, 0.1) is 11.2 Å². The van der Waals surface area contributed by atoms with E-state index in [2.05, 4.69) is 175 Å². The van der Waals surface area contributed by atoms with Crippen molar-refractivity contribution in [1.82, 2.24) is 9.97 Å². The van der Waals surface area contributed by atoms with E-state index in [1.165, 1.54) is 0 Å². The van der Waals surface area contributed by atoms with Crippen LogP contribution < -0.4 is 4.90 Å². The van der Waals surface area contributed by atoms with E-state index in [4.69, 9.17) is 18.8 Å². The van der Waals surface area contributed by atoms with Crippen LogP contribution in [0.3, 0.4) is 0 Å². The minimum Gasteiger partial charge on any atom is -0.456 e. The number of fused-ring (bicyclic) bond motifs is 9. The van der Waals surface area contributed by atoms with Crippen molar-refractivity contribution < 1.29 is 8.83 Å². The molecule has 0 N–H and O–H groups in total. The summed E-state index contributed by atoms with van der Waals surface area (Å²) in [5.74, 6) is 0.661. The van der Waals surface area contributed by atoms with Gasteiger partial charge in [-0.1, -0.05) is 127 Å². The van der Waals surface area contributed by atoms with Crippen LogP contribution >= 0.6 is 0 Å². The minimum atomic E-state index is 0.661. The number of hydrogen-bond donors (Lipinski definition) is 0. The Balaban J connectivity index is 1.06. The molecular formula is C54H33N3O2. The van der Waals surface area contributed by atoms with E-state index >= 15 is 0 Å². The predicted octanol–water partition coefficient (Wildman–Crippen LogP) is 15.1. The highest BCUT2D eigenvalue weighted by atomic mass is 16.3. The van der Waals surface area contributed by atoms with Crippen LogP contribution in [0.25, 0.3) is 99.3 Å². The maximum absolute atomic E-state index is 6.82. The largest absolute Gasteiger partial charge is 0.456 e. The summed E-state index contributed by atoms with van der Waals surface area (Å²) in [7, 11) is 0. The summed E-state index contributed by atoms with van der Waals surface area (Å²) in [6, 6.07) is 69.6. The van der Waals surface area contributed by atoms with Gasteiger partial charge in [0, 0.05) is 60.7 Å². The third-order valence-electron chi connectivity index (χ3n) is 11.4. The second-order valence-electron chi connectivity index (χ2n) is 14.9. The molecule has 0 aliphatic carbocycles. The second-order valence-corrected chi connectivity index (χ2v) is 14.9. The molecule has 0 unspecified atom stereocenters. The van der Waals surface area contributed by atoms with Crippen LogP contribution in [0.5, 0.6) is 0 Å². The second kappa shape index (κ2) is 13.3. The zero-order valence-corrected chi connectivity index (χ0v) is 31.7. The Bertz CT molecular complexity index is 3550. The molecule has 0 saturated carbocycles. The van der Waals surface area contributed by atoms with Gasteiger partial charge in [0.15, 0.2) is 5.82 Å². The van der Waals surface area contributed by atoms with Crippen molar-refractivity contribution in [2.75, 3.05) is 4.90 Å². The topological polar surface area (TPSA) is 55.3 Å². The molecule has 0 spiro atoms. The van der Waals surface area contributed by atoms with E-state index in [1.807, 2.05) is 30.3 Å². The Morgan fingerprint density at radius 1 is 0.373 bits per heavy atom. The van der Waals surface area contributed by atoms with E-state index in [-0.39, 0.29) is 0 Å². The van der Waals surface area contributed by atoms with Gasteiger partial charge in [-0.3, -0.25) is 0 Å². The van der Waals surface area contributed by atoms with Gasteiger partial charge in [-0.05, 0) is 89.1 Å². The number of anilines is 3. The molecule has 0 bridgehead atoms. The average molecular weight is 756 g/mol. The molecule has 0 fully saturated rings. The molecule has 0 aliphatic heterocycles. The van der Waals surface area contributed by atoms with Crippen molar-refractivity contribution in [3.05, 3.63) is 200 Å². The van der Waals surface area contributed by atoms with Crippen molar-refractivity contribution in [2.45, 2.75) is 0 Å². The molecule has 3 heterocycles. The highest BCUT2D eigenvalue weighted by Crippen LogP contribution is 2.44. The summed E-state index contributed by atoms with van der Waals surface area (Å²) >= 11 is 0. The fourth-order valence-corrected chi connectivity index (χ4v) is 8.68. The number of furan rings is 2. The van der Waals surface area contributed by atoms with Gasteiger partial charge in [0.2, 0.25) is 0 Å². The molecule has 0 atom stereocenters. The van der Waals surface area contributed by atoms with Crippen LogP contribution in [0.15, 0.2) is 209 Å². The Labute approximate surface area is 339 Å². The summed E-state index contributed by atoms with van der Waals surface area (Å²) in [4.78, 5) is 12.8. The normalized spacial score (nSPS) is 11.7. The van der Waals surface area contributed by atoms with Gasteiger partial charge in [-0.25, -0.2) is 9.97 Å². The summed E-state index contributed by atoms with van der Waals surface area (Å²) < 4.78 is 13.0. The third-order valence-corrected chi connectivity index (χ3v) is 11.4. The smallest absolute Gasteiger partial charge is 0.160 e. The summed E-state index contributed by atoms with van der Waals surface area (Å²) in [6.45, 7) is 0. The van der Waals surface area contributed by atoms with Gasteiger partial charge >= 0.3 is 0 Å². The Hall–Kier alpha value is -8.02. The molecule has 12 rings (SSSR count). The molecule has 0 amide bonds. The number of para-hydroxylation sites is 3. The maximum Gasteiger partial charge on any atom is 0.160 e. The highest BCUT2D eigenvalue weighted by molar-refractivity contribution is 6.21. The van der Waals surface area contributed by atoms with Gasteiger partial charge in [-0.15, -0.1) is 0 Å². The lowest BCUT2D eigenvalue weighted by molar-refractivity contribution is 0.669. The monoisotopic (exact) mass is 755 g/mol. The van der Waals surface area contributed by atoms with Crippen LogP contribution in [0.1, 0.15) is 0 Å². The quantitative estimate of drug-likeness (QED) is 0.169. The molecule has 0 aliphatic rings. The Kier molecular flexibility index (Phi) is 7.47. The SMILES string of the molecule is c1ccc(-c2nc(-c3cc(-c4ccc(N(c5ccccc5)c5ccc6oc7ccccc7c6c5)cc4)c4oc5ccc6ccccc6c5c4c3)nc3ccccc23)cc1. The lowest BCUT2D eigenvalue weighted by Gasteiger charge is -2.25. The van der Waals surface area contributed by atoms with Crippen LogP contribution in [0.2, 0.25) is 0 Å². The fraction of sp³-hybridized carbons (Fsp3) is 0. The molecule has 9 aromatic carbocycles. The number of nitrogens with zero attached hydrogens (tertiary/aromatic N) is 3. The van der Waals surface area contributed by atoms with Crippen molar-refractivity contribution in [1.29, 1.82) is 0 Å². The Morgan fingerprint density at radius 2 is 1.03 bits per heavy atom. The van der Waals surface area contributed by atoms with Crippen molar-refractivity contribution in [2.24, 2.45) is 0 Å². The van der Waals surface area contributed by atoms with Crippen molar-refractivity contribution in [3.8, 4) is 33.8 Å². The molecule has 5 heteroatoms. The number of benzene rings is 9. The molecule has 276 valence electrons. The van der Waals surface area contributed by atoms with Gasteiger partial charge in [0.25, 0.3) is 0 Å². The van der Waals surface area contributed by atoms with Crippen LogP contribution in [-0.4, -0.2) is 9.97 Å². The average Bonchev–Trinajstić information content (AvgIpc) is 3.88. The third kappa shape index (κ3) is 5.47. The highest BCUT2D eigenvalue weighted by Gasteiger charge is 2.21. The van der Waals surface area contributed by atoms with Gasteiger partial charge in [0.1, 0.15) is 22.3 Å². The van der Waals surface area contributed by atoms with E-state index in [0.717, 1.165) is 111 Å². The van der Waals surface area contributed by atoms with E-state index in [0.29, 0.717) is 5.82 Å². The van der Waals surface area contributed by atoms with Crippen LogP contribution in [0, 0.1) is 0 Å². The molecular weight excluding hydrogens is 723 g/mol. The summed E-state index contributed by atoms with van der Waals surface area (Å²) in [6.07, 6.45) is 0. The van der Waals surface area contributed by atoms with Crippen molar-refractivity contribution in [3.63, 3.8) is 0 Å². The first-order chi connectivity index (χ1) is 29.2. The molecule has 12 aromatic rings. The van der Waals surface area contributed by atoms with Crippen molar-refractivity contribution >= 4 is 82.6 Å². The number of rotatable bonds is 6. The summed E-state index contributed by atoms with van der Waals surface area (Å²) in [5.41, 5.74) is 12.3. The molecule has 0 saturated heterocycles. The van der Waals surface area contributed by atoms with E-state index in [9.17, 15) is 0 Å². The molecule has 59 heavy (non-hydrogen) atoms. The predicted molar refractivity (Wildman–Crippen MR) is 243 cm³/mol. The zero-order chi connectivity index (χ0) is 38.9. The van der Waals surface area contributed by atoms with Gasteiger partial charge in [-0.2, -0.15) is 0 Å². The van der Waals surface area contributed by atoms with Gasteiger partial charge < -0.3 is 13.7 Å². The lowest BCUT2D eigenvalue weighted by Crippen LogP contribution is -2.09. The van der Waals surface area contributed by atoms with Crippen LogP contribution in [0.4, 0.5) is 17.1 Å². The first kappa shape index (κ1) is 33.2. The molecule has 0 radical (unpaired) electrons. The van der Waals surface area contributed by atoms with Crippen LogP contribution in [-0.2, 0) is 0 Å². The fourth-order valence-electron chi connectivity index (χ4n) is 8.68. The number of aromatic nitrogens is 2. The molecule has 3 aromatic heterocycles. The maximum atomic E-state index is 6.82.